The molecule has 1 heterocycles. The Hall–Kier alpha value is -1.06. The zero-order valence-electron chi connectivity index (χ0n) is 15.6. The summed E-state index contributed by atoms with van der Waals surface area (Å²) >= 11 is 0. The summed E-state index contributed by atoms with van der Waals surface area (Å²) in [7, 11) is 0. The van der Waals surface area contributed by atoms with Gasteiger partial charge in [-0.3, -0.25) is 4.79 Å². The Kier molecular flexibility index (Phi) is 11.6. The molecule has 1 atom stereocenters. The molecule has 1 rings (SSSR count). The Balaban J connectivity index is 1.91. The van der Waals surface area contributed by atoms with Crippen molar-refractivity contribution < 1.29 is 14.7 Å². The highest BCUT2D eigenvalue weighted by atomic mass is 16.4. The van der Waals surface area contributed by atoms with Gasteiger partial charge in [-0.2, -0.15) is 0 Å². The van der Waals surface area contributed by atoms with Gasteiger partial charge in [0.2, 0.25) is 5.91 Å². The smallest absolute Gasteiger partial charge is 0.326 e. The average molecular weight is 340 g/mol. The highest BCUT2D eigenvalue weighted by Crippen LogP contribution is 2.19. The van der Waals surface area contributed by atoms with Crippen molar-refractivity contribution in [3.05, 3.63) is 0 Å². The third kappa shape index (κ3) is 8.70. The van der Waals surface area contributed by atoms with E-state index >= 15 is 0 Å². The van der Waals surface area contributed by atoms with Gasteiger partial charge >= 0.3 is 5.97 Å². The van der Waals surface area contributed by atoms with Crippen LogP contribution in [-0.2, 0) is 9.59 Å². The van der Waals surface area contributed by atoms with E-state index in [9.17, 15) is 9.59 Å². The van der Waals surface area contributed by atoms with E-state index in [1.807, 2.05) is 0 Å². The van der Waals surface area contributed by atoms with E-state index in [1.165, 1.54) is 64.2 Å². The molecular formula is C20H37NO3. The summed E-state index contributed by atoms with van der Waals surface area (Å²) in [5, 5.41) is 9.11. The van der Waals surface area contributed by atoms with Gasteiger partial charge in [0, 0.05) is 13.0 Å². The number of unbranched alkanes of at least 4 members (excludes halogenated alkanes) is 11. The predicted octanol–water partition coefficient (Wildman–Crippen LogP) is 5.15. The van der Waals surface area contributed by atoms with Crippen LogP contribution in [0, 0.1) is 0 Å². The number of hydrogen-bond donors (Lipinski definition) is 1. The quantitative estimate of drug-likeness (QED) is 0.445. The fourth-order valence-corrected chi connectivity index (χ4v) is 3.58. The number of carbonyl (C=O) groups excluding carboxylic acids is 1. The molecule has 0 aromatic carbocycles. The molecule has 1 saturated heterocycles. The van der Waals surface area contributed by atoms with E-state index in [1.54, 1.807) is 4.90 Å². The van der Waals surface area contributed by atoms with Gasteiger partial charge in [0.1, 0.15) is 6.04 Å². The monoisotopic (exact) mass is 339 g/mol. The Morgan fingerprint density at radius 2 is 1.38 bits per heavy atom. The zero-order valence-corrected chi connectivity index (χ0v) is 15.6. The molecule has 1 N–H and O–H groups in total. The van der Waals surface area contributed by atoms with Crippen molar-refractivity contribution in [2.75, 3.05) is 6.54 Å². The Morgan fingerprint density at radius 3 is 1.88 bits per heavy atom. The van der Waals surface area contributed by atoms with Crippen LogP contribution in [-0.4, -0.2) is 34.5 Å². The van der Waals surface area contributed by atoms with Gasteiger partial charge in [0.25, 0.3) is 0 Å². The molecule has 0 radical (unpaired) electrons. The molecule has 24 heavy (non-hydrogen) atoms. The second-order valence-electron chi connectivity index (χ2n) is 7.22. The third-order valence-electron chi connectivity index (χ3n) is 5.10. The zero-order chi connectivity index (χ0) is 17.6. The lowest BCUT2D eigenvalue weighted by Crippen LogP contribution is -2.40. The largest absolute Gasteiger partial charge is 0.480 e. The predicted molar refractivity (Wildman–Crippen MR) is 98.1 cm³/mol. The second kappa shape index (κ2) is 13.3. The highest BCUT2D eigenvalue weighted by molar-refractivity contribution is 5.84. The Bertz CT molecular complexity index is 357. The number of carboxylic acid groups (broad SMARTS) is 1. The molecule has 0 aromatic heterocycles. The molecule has 140 valence electrons. The van der Waals surface area contributed by atoms with Gasteiger partial charge in [0.15, 0.2) is 0 Å². The van der Waals surface area contributed by atoms with Crippen LogP contribution >= 0.6 is 0 Å². The Labute approximate surface area is 148 Å². The van der Waals surface area contributed by atoms with Crippen LogP contribution in [0.25, 0.3) is 0 Å². The van der Waals surface area contributed by atoms with E-state index in [0.717, 1.165) is 19.3 Å². The normalized spacial score (nSPS) is 17.4. The summed E-state index contributed by atoms with van der Waals surface area (Å²) in [6.45, 7) is 2.87. The number of hydrogen-bond acceptors (Lipinski definition) is 2. The summed E-state index contributed by atoms with van der Waals surface area (Å²) in [5.41, 5.74) is 0. The molecule has 4 nitrogen and oxygen atoms in total. The molecule has 1 amide bonds. The molecule has 1 aliphatic heterocycles. The van der Waals surface area contributed by atoms with Crippen molar-refractivity contribution in [1.29, 1.82) is 0 Å². The molecule has 1 fully saturated rings. The fourth-order valence-electron chi connectivity index (χ4n) is 3.58. The number of aliphatic carboxylic acids is 1. The number of likely N-dealkylation sites (tertiary alicyclic amines) is 1. The first-order valence-electron chi connectivity index (χ1n) is 10.2. The maximum atomic E-state index is 12.1. The number of amides is 1. The average Bonchev–Trinajstić information content (AvgIpc) is 3.05. The number of carbonyl (C=O) groups is 2. The molecule has 0 unspecified atom stereocenters. The molecule has 0 saturated carbocycles. The minimum absolute atomic E-state index is 0.0342. The molecule has 0 aromatic rings. The lowest BCUT2D eigenvalue weighted by molar-refractivity contribution is -0.148. The summed E-state index contributed by atoms with van der Waals surface area (Å²) in [4.78, 5) is 24.8. The van der Waals surface area contributed by atoms with Gasteiger partial charge in [0.05, 0.1) is 0 Å². The minimum atomic E-state index is -0.851. The van der Waals surface area contributed by atoms with Gasteiger partial charge < -0.3 is 10.0 Å². The van der Waals surface area contributed by atoms with Crippen LogP contribution in [0.4, 0.5) is 0 Å². The maximum absolute atomic E-state index is 12.1. The number of nitrogens with zero attached hydrogens (tertiary/aromatic N) is 1. The van der Waals surface area contributed by atoms with Crippen LogP contribution in [0.15, 0.2) is 0 Å². The summed E-state index contributed by atoms with van der Waals surface area (Å²) in [6.07, 6.45) is 17.3. The van der Waals surface area contributed by atoms with E-state index < -0.39 is 12.0 Å². The molecule has 4 heteroatoms. The van der Waals surface area contributed by atoms with E-state index in [4.69, 9.17) is 5.11 Å². The van der Waals surface area contributed by atoms with Gasteiger partial charge in [-0.25, -0.2) is 4.79 Å². The van der Waals surface area contributed by atoms with Gasteiger partial charge in [-0.15, -0.1) is 0 Å². The SMILES string of the molecule is CCCCCCCCCCCCCCC(=O)N1CCC[C@H]1C(=O)O. The first-order valence-corrected chi connectivity index (χ1v) is 10.2. The van der Waals surface area contributed by atoms with Crippen molar-refractivity contribution >= 4 is 11.9 Å². The third-order valence-corrected chi connectivity index (χ3v) is 5.10. The summed E-state index contributed by atoms with van der Waals surface area (Å²) in [6, 6.07) is -0.574. The van der Waals surface area contributed by atoms with Crippen LogP contribution in [0.1, 0.15) is 103 Å². The molecular weight excluding hydrogens is 302 g/mol. The minimum Gasteiger partial charge on any atom is -0.480 e. The lowest BCUT2D eigenvalue weighted by Gasteiger charge is -2.21. The standard InChI is InChI=1S/C20H37NO3/c1-2-3-4-5-6-7-8-9-10-11-12-13-16-19(22)21-17-14-15-18(21)20(23)24/h18H,2-17H2,1H3,(H,23,24)/t18-/m0/s1. The lowest BCUT2D eigenvalue weighted by atomic mass is 10.0. The van der Waals surface area contributed by atoms with Crippen LogP contribution < -0.4 is 0 Å². The van der Waals surface area contributed by atoms with Gasteiger partial charge in [-0.05, 0) is 19.3 Å². The molecule has 0 aliphatic carbocycles. The van der Waals surface area contributed by atoms with Crippen molar-refractivity contribution in [2.45, 2.75) is 109 Å². The Morgan fingerprint density at radius 1 is 0.875 bits per heavy atom. The van der Waals surface area contributed by atoms with Crippen LogP contribution in [0.2, 0.25) is 0 Å². The van der Waals surface area contributed by atoms with Crippen molar-refractivity contribution in [2.24, 2.45) is 0 Å². The van der Waals surface area contributed by atoms with Crippen LogP contribution in [0.3, 0.4) is 0 Å². The van der Waals surface area contributed by atoms with Crippen molar-refractivity contribution in [3.8, 4) is 0 Å². The summed E-state index contributed by atoms with van der Waals surface area (Å²) in [5.74, 6) is -0.817. The molecule has 0 bridgehead atoms. The first-order chi connectivity index (χ1) is 11.7. The van der Waals surface area contributed by atoms with E-state index in [2.05, 4.69) is 6.92 Å². The van der Waals surface area contributed by atoms with Crippen LogP contribution in [0.5, 0.6) is 0 Å². The topological polar surface area (TPSA) is 57.6 Å². The first kappa shape index (κ1) is 21.0. The molecule has 0 spiro atoms. The van der Waals surface area contributed by atoms with E-state index in [-0.39, 0.29) is 5.91 Å². The fraction of sp³-hybridized carbons (Fsp3) is 0.900. The maximum Gasteiger partial charge on any atom is 0.326 e. The number of rotatable bonds is 14. The van der Waals surface area contributed by atoms with Gasteiger partial charge in [-0.1, -0.05) is 77.6 Å². The number of carboxylic acids is 1. The second-order valence-corrected chi connectivity index (χ2v) is 7.22. The van der Waals surface area contributed by atoms with Crippen molar-refractivity contribution in [3.63, 3.8) is 0 Å². The molecule has 1 aliphatic rings. The van der Waals surface area contributed by atoms with E-state index in [0.29, 0.717) is 19.4 Å². The summed E-state index contributed by atoms with van der Waals surface area (Å²) < 4.78 is 0. The highest BCUT2D eigenvalue weighted by Gasteiger charge is 2.33. The van der Waals surface area contributed by atoms with Crippen molar-refractivity contribution in [1.82, 2.24) is 4.90 Å².